The molecule has 1 atom stereocenters. The van der Waals surface area contributed by atoms with E-state index in [0.717, 1.165) is 6.07 Å². The molecule has 3 rings (SSSR count). The number of hydrogen-bond donors (Lipinski definition) is 0. The van der Waals surface area contributed by atoms with Crippen molar-refractivity contribution in [1.29, 1.82) is 0 Å². The SMILES string of the molecule is O=C1CN(c2cnn(PI)c(=O)c2Cl)CCN1Cc1c(Cl)cccc1C(F)(F)F. The number of carbonyl (C=O) groups is 1. The number of piperazine rings is 1. The molecule has 2 heterocycles. The highest BCUT2D eigenvalue weighted by Gasteiger charge is 2.35. The van der Waals surface area contributed by atoms with Crippen LogP contribution in [-0.2, 0) is 17.5 Å². The van der Waals surface area contributed by atoms with Crippen LogP contribution in [0.3, 0.4) is 0 Å². The van der Waals surface area contributed by atoms with E-state index >= 15 is 0 Å². The van der Waals surface area contributed by atoms with Crippen molar-refractivity contribution in [2.45, 2.75) is 12.7 Å². The summed E-state index contributed by atoms with van der Waals surface area (Å²) in [5.74, 6) is -0.402. The fourth-order valence-electron chi connectivity index (χ4n) is 2.96. The zero-order valence-electron chi connectivity index (χ0n) is 14.5. The Labute approximate surface area is 188 Å². The van der Waals surface area contributed by atoms with Gasteiger partial charge in [-0.15, -0.1) is 0 Å². The molecule has 156 valence electrons. The second-order valence-electron chi connectivity index (χ2n) is 6.15. The topological polar surface area (TPSA) is 58.4 Å². The van der Waals surface area contributed by atoms with E-state index in [2.05, 4.69) is 5.10 Å². The Bertz CT molecular complexity index is 1010. The molecule has 6 nitrogen and oxygen atoms in total. The summed E-state index contributed by atoms with van der Waals surface area (Å²) in [5.41, 5.74) is -1.15. The van der Waals surface area contributed by atoms with E-state index in [1.807, 2.05) is 22.0 Å². The second-order valence-corrected chi connectivity index (χ2v) is 8.97. The molecule has 0 saturated carbocycles. The first-order valence-electron chi connectivity index (χ1n) is 8.15. The first kappa shape index (κ1) is 22.6. The van der Waals surface area contributed by atoms with Gasteiger partial charge >= 0.3 is 6.18 Å². The highest BCUT2D eigenvalue weighted by atomic mass is 127. The molecule has 1 aromatic carbocycles. The lowest BCUT2D eigenvalue weighted by Gasteiger charge is -2.36. The minimum absolute atomic E-state index is 0.0455. The largest absolute Gasteiger partial charge is 0.416 e. The van der Waals surface area contributed by atoms with Crippen molar-refractivity contribution >= 4 is 63.2 Å². The molecule has 0 aliphatic carbocycles. The third-order valence-corrected chi connectivity index (χ3v) is 6.97. The van der Waals surface area contributed by atoms with E-state index in [-0.39, 0.29) is 48.2 Å². The zero-order chi connectivity index (χ0) is 21.3. The maximum absolute atomic E-state index is 13.3. The van der Waals surface area contributed by atoms with Gasteiger partial charge in [0.15, 0.2) is 0 Å². The van der Waals surface area contributed by atoms with Crippen LogP contribution in [0.1, 0.15) is 11.1 Å². The van der Waals surface area contributed by atoms with Crippen LogP contribution >= 0.6 is 51.6 Å². The standard InChI is InChI=1S/C16H13Cl2F3IN4O2P/c17-11-3-1-2-10(16(19,20)21)9(11)7-25-5-4-24(8-13(25)27)12-6-23-26(29-22)15(28)14(12)18/h1-3,6,29H,4-5,7-8H2. The molecular formula is C16H13Cl2F3IN4O2P. The number of amides is 1. The van der Waals surface area contributed by atoms with Gasteiger partial charge in [0.1, 0.15) is 5.02 Å². The van der Waals surface area contributed by atoms with Crippen LogP contribution in [0.4, 0.5) is 18.9 Å². The third-order valence-electron chi connectivity index (χ3n) is 4.41. The van der Waals surface area contributed by atoms with Gasteiger partial charge in [-0.25, -0.2) is 4.45 Å². The number of benzene rings is 1. The maximum atomic E-state index is 13.3. The second kappa shape index (κ2) is 8.95. The summed E-state index contributed by atoms with van der Waals surface area (Å²) >= 11 is 14.1. The Kier molecular flexibility index (Phi) is 6.97. The van der Waals surface area contributed by atoms with Gasteiger partial charge in [0.05, 0.1) is 30.4 Å². The van der Waals surface area contributed by atoms with E-state index in [1.165, 1.54) is 27.7 Å². The normalized spacial score (nSPS) is 15.6. The Hall–Kier alpha value is -1.10. The van der Waals surface area contributed by atoms with E-state index in [1.54, 1.807) is 4.90 Å². The molecule has 0 spiro atoms. The smallest absolute Gasteiger partial charge is 0.358 e. The van der Waals surface area contributed by atoms with Crippen molar-refractivity contribution < 1.29 is 18.0 Å². The number of anilines is 1. The predicted octanol–water partition coefficient (Wildman–Crippen LogP) is 4.21. The molecule has 1 aliphatic heterocycles. The number of hydrogen-bond acceptors (Lipinski definition) is 4. The molecule has 1 aliphatic rings. The lowest BCUT2D eigenvalue weighted by Crippen LogP contribution is -2.50. The Morgan fingerprint density at radius 3 is 2.55 bits per heavy atom. The molecule has 13 heteroatoms. The van der Waals surface area contributed by atoms with Crippen LogP contribution in [0.25, 0.3) is 0 Å². The summed E-state index contributed by atoms with van der Waals surface area (Å²) in [4.78, 5) is 27.6. The average molecular weight is 579 g/mol. The molecule has 2 aromatic rings. The van der Waals surface area contributed by atoms with Crippen LogP contribution in [0.5, 0.6) is 0 Å². The van der Waals surface area contributed by atoms with Crippen molar-refractivity contribution in [3.05, 3.63) is 55.9 Å². The lowest BCUT2D eigenvalue weighted by atomic mass is 10.1. The summed E-state index contributed by atoms with van der Waals surface area (Å²) in [5, 5.41) is 3.91. The van der Waals surface area contributed by atoms with E-state index in [0.29, 0.717) is 5.69 Å². The third kappa shape index (κ3) is 4.81. The number of alkyl halides is 3. The maximum Gasteiger partial charge on any atom is 0.416 e. The summed E-state index contributed by atoms with van der Waals surface area (Å²) in [6.07, 6.45) is -3.09. The van der Waals surface area contributed by atoms with Gasteiger partial charge in [-0.3, -0.25) is 9.59 Å². The summed E-state index contributed by atoms with van der Waals surface area (Å²) in [7, 11) is 0. The molecule has 1 aromatic heterocycles. The number of rotatable bonds is 4. The Morgan fingerprint density at radius 2 is 1.93 bits per heavy atom. The van der Waals surface area contributed by atoms with Crippen LogP contribution < -0.4 is 10.5 Å². The molecule has 0 radical (unpaired) electrons. The van der Waals surface area contributed by atoms with Crippen LogP contribution in [0.15, 0.2) is 29.2 Å². The van der Waals surface area contributed by atoms with Gasteiger partial charge in [0, 0.05) is 30.2 Å². The van der Waals surface area contributed by atoms with E-state index in [4.69, 9.17) is 23.2 Å². The number of aromatic nitrogens is 2. The molecule has 0 bridgehead atoms. The van der Waals surface area contributed by atoms with Crippen molar-refractivity contribution in [3.8, 4) is 0 Å². The number of nitrogens with zero attached hydrogens (tertiary/aromatic N) is 4. The molecule has 1 unspecified atom stereocenters. The highest BCUT2D eigenvalue weighted by Crippen LogP contribution is 2.36. The summed E-state index contributed by atoms with van der Waals surface area (Å²) in [6, 6.07) is 3.53. The van der Waals surface area contributed by atoms with Crippen molar-refractivity contribution in [3.63, 3.8) is 0 Å². The van der Waals surface area contributed by atoms with Crippen LogP contribution in [0.2, 0.25) is 10.0 Å². The van der Waals surface area contributed by atoms with Gasteiger partial charge in [0.25, 0.3) is 5.56 Å². The highest BCUT2D eigenvalue weighted by molar-refractivity contribution is 14.2. The van der Waals surface area contributed by atoms with Crippen molar-refractivity contribution in [2.24, 2.45) is 0 Å². The summed E-state index contributed by atoms with van der Waals surface area (Å²) in [6.45, 7) is 0.0393. The summed E-state index contributed by atoms with van der Waals surface area (Å²) < 4.78 is 41.1. The van der Waals surface area contributed by atoms with Crippen LogP contribution in [0, 0.1) is 0 Å². The Morgan fingerprint density at radius 1 is 1.21 bits per heavy atom. The molecule has 29 heavy (non-hydrogen) atoms. The van der Waals surface area contributed by atoms with Gasteiger partial charge < -0.3 is 9.80 Å². The van der Waals surface area contributed by atoms with E-state index in [9.17, 15) is 22.8 Å². The fraction of sp³-hybridized carbons (Fsp3) is 0.312. The minimum Gasteiger partial charge on any atom is -0.358 e. The van der Waals surface area contributed by atoms with Gasteiger partial charge in [-0.1, -0.05) is 29.3 Å². The molecule has 1 fully saturated rings. The Balaban J connectivity index is 1.80. The van der Waals surface area contributed by atoms with E-state index < -0.39 is 23.2 Å². The first-order valence-corrected chi connectivity index (χ1v) is 13.0. The quantitative estimate of drug-likeness (QED) is 0.403. The molecular weight excluding hydrogens is 566 g/mol. The van der Waals surface area contributed by atoms with Crippen molar-refractivity contribution in [1.82, 2.24) is 14.5 Å². The van der Waals surface area contributed by atoms with Gasteiger partial charge in [0.2, 0.25) is 5.91 Å². The lowest BCUT2D eigenvalue weighted by molar-refractivity contribution is -0.140. The predicted molar refractivity (Wildman–Crippen MR) is 115 cm³/mol. The van der Waals surface area contributed by atoms with Crippen LogP contribution in [-0.4, -0.2) is 40.0 Å². The monoisotopic (exact) mass is 578 g/mol. The van der Waals surface area contributed by atoms with Gasteiger partial charge in [-0.05, 0) is 34.2 Å². The van der Waals surface area contributed by atoms with Crippen molar-refractivity contribution in [2.75, 3.05) is 24.5 Å². The average Bonchev–Trinajstić information content (AvgIpc) is 2.66. The minimum atomic E-state index is -4.58. The number of carbonyl (C=O) groups excluding carboxylic acids is 1. The fourth-order valence-corrected chi connectivity index (χ4v) is 4.84. The molecule has 1 amide bonds. The zero-order valence-corrected chi connectivity index (χ0v) is 19.2. The molecule has 1 saturated heterocycles. The first-order chi connectivity index (χ1) is 13.6. The molecule has 0 N–H and O–H groups in total. The van der Waals surface area contributed by atoms with Gasteiger partial charge in [-0.2, -0.15) is 18.3 Å². The number of halogens is 6.